The Morgan fingerprint density at radius 3 is 2.48 bits per heavy atom. The molecule has 0 aliphatic carbocycles. The number of halogens is 3. The van der Waals surface area contributed by atoms with Gasteiger partial charge < -0.3 is 0 Å². The van der Waals surface area contributed by atoms with Gasteiger partial charge in [-0.3, -0.25) is 0 Å². The molecular weight excluding hydrogens is 301 g/mol. The van der Waals surface area contributed by atoms with Gasteiger partial charge in [-0.25, -0.2) is 4.98 Å². The van der Waals surface area contributed by atoms with Gasteiger partial charge in [-0.05, 0) is 25.1 Å². The first-order valence-electron chi connectivity index (χ1n) is 5.98. The lowest BCUT2D eigenvalue weighted by Crippen LogP contribution is -2.07. The van der Waals surface area contributed by atoms with Gasteiger partial charge in [-0.15, -0.1) is 5.10 Å². The quantitative estimate of drug-likeness (QED) is 0.678. The fourth-order valence-electron chi connectivity index (χ4n) is 1.76. The highest BCUT2D eigenvalue weighted by Gasteiger charge is 2.36. The van der Waals surface area contributed by atoms with Crippen molar-refractivity contribution < 1.29 is 13.2 Å². The third kappa shape index (κ3) is 2.85. The van der Waals surface area contributed by atoms with Crippen LogP contribution in [0.1, 0.15) is 11.5 Å². The molecule has 0 spiro atoms. The van der Waals surface area contributed by atoms with E-state index in [0.29, 0.717) is 10.7 Å². The zero-order valence-corrected chi connectivity index (χ0v) is 11.6. The largest absolute Gasteiger partial charge is 0.453 e. The van der Waals surface area contributed by atoms with E-state index in [4.69, 9.17) is 0 Å². The van der Waals surface area contributed by atoms with Gasteiger partial charge in [0.2, 0.25) is 0 Å². The summed E-state index contributed by atoms with van der Waals surface area (Å²) in [6.45, 7) is 1.71. The second-order valence-electron chi connectivity index (χ2n) is 4.30. The number of aryl methyl sites for hydroxylation is 1. The molecule has 108 valence electrons. The van der Waals surface area contributed by atoms with Crippen LogP contribution in [0.25, 0.3) is 5.78 Å². The van der Waals surface area contributed by atoms with Crippen molar-refractivity contribution in [2.24, 2.45) is 0 Å². The molecule has 0 fully saturated rings. The van der Waals surface area contributed by atoms with Crippen LogP contribution in [0.3, 0.4) is 0 Å². The van der Waals surface area contributed by atoms with Crippen LogP contribution in [0.5, 0.6) is 0 Å². The Labute approximate surface area is 122 Å². The summed E-state index contributed by atoms with van der Waals surface area (Å²) in [4.78, 5) is 8.33. The molecule has 0 unspecified atom stereocenters. The lowest BCUT2D eigenvalue weighted by atomic mass is 10.4. The monoisotopic (exact) mass is 310 g/mol. The molecule has 0 amide bonds. The van der Waals surface area contributed by atoms with Gasteiger partial charge >= 0.3 is 6.18 Å². The number of nitrogens with zero attached hydrogens (tertiary/aromatic N) is 4. The molecule has 0 radical (unpaired) electrons. The fourth-order valence-corrected chi connectivity index (χ4v) is 2.73. The van der Waals surface area contributed by atoms with Crippen LogP contribution < -0.4 is 0 Å². The molecule has 0 saturated carbocycles. The van der Waals surface area contributed by atoms with E-state index >= 15 is 0 Å². The maximum absolute atomic E-state index is 12.7. The van der Waals surface area contributed by atoms with E-state index in [1.165, 1.54) is 11.8 Å². The van der Waals surface area contributed by atoms with Crippen molar-refractivity contribution in [2.45, 2.75) is 23.0 Å². The van der Waals surface area contributed by atoms with Crippen LogP contribution >= 0.6 is 11.8 Å². The number of benzene rings is 1. The Morgan fingerprint density at radius 2 is 1.81 bits per heavy atom. The number of alkyl halides is 3. The summed E-state index contributed by atoms with van der Waals surface area (Å²) in [6, 6.07) is 11.0. The maximum Gasteiger partial charge on any atom is 0.453 e. The van der Waals surface area contributed by atoms with E-state index in [1.807, 2.05) is 30.3 Å². The van der Waals surface area contributed by atoms with Crippen molar-refractivity contribution in [1.82, 2.24) is 19.6 Å². The normalized spacial score (nSPS) is 12.0. The Bertz CT molecular complexity index is 783. The van der Waals surface area contributed by atoms with E-state index < -0.39 is 12.0 Å². The average Bonchev–Trinajstić information content (AvgIpc) is 2.84. The van der Waals surface area contributed by atoms with Gasteiger partial charge in [0.05, 0.1) is 0 Å². The van der Waals surface area contributed by atoms with E-state index in [1.54, 1.807) is 13.0 Å². The molecule has 1 aromatic carbocycles. The standard InChI is InChI=1S/C13H9F3N4S/c1-8-7-10(21-9-5-3-2-4-6-9)20-12(17-8)18-11(19-20)13(14,15)16/h2-7H,1H3. The van der Waals surface area contributed by atoms with E-state index in [2.05, 4.69) is 15.1 Å². The molecule has 8 heteroatoms. The Kier molecular flexibility index (Phi) is 3.32. The summed E-state index contributed by atoms with van der Waals surface area (Å²) in [5.41, 5.74) is 0.585. The predicted octanol–water partition coefficient (Wildman–Crippen LogP) is 3.60. The van der Waals surface area contributed by atoms with Crippen LogP contribution in [-0.2, 0) is 6.18 Å². The first kappa shape index (κ1) is 13.9. The predicted molar refractivity (Wildman–Crippen MR) is 71.1 cm³/mol. The molecule has 0 atom stereocenters. The van der Waals surface area contributed by atoms with Crippen LogP contribution in [0.15, 0.2) is 46.3 Å². The number of fused-ring (bicyclic) bond motifs is 1. The molecule has 0 bridgehead atoms. The minimum atomic E-state index is -4.59. The highest BCUT2D eigenvalue weighted by molar-refractivity contribution is 7.99. The van der Waals surface area contributed by atoms with Crippen molar-refractivity contribution in [3.63, 3.8) is 0 Å². The highest BCUT2D eigenvalue weighted by atomic mass is 32.2. The van der Waals surface area contributed by atoms with E-state index in [-0.39, 0.29) is 5.78 Å². The second kappa shape index (κ2) is 5.03. The lowest BCUT2D eigenvalue weighted by Gasteiger charge is -2.04. The number of aromatic nitrogens is 4. The lowest BCUT2D eigenvalue weighted by molar-refractivity contribution is -0.144. The van der Waals surface area contributed by atoms with Crippen molar-refractivity contribution in [1.29, 1.82) is 0 Å². The third-order valence-electron chi connectivity index (χ3n) is 2.63. The summed E-state index contributed by atoms with van der Waals surface area (Å²) >= 11 is 1.31. The molecule has 2 aromatic heterocycles. The SMILES string of the molecule is Cc1cc(Sc2ccccc2)n2nc(C(F)(F)F)nc2n1. The summed E-state index contributed by atoms with van der Waals surface area (Å²) < 4.78 is 39.3. The van der Waals surface area contributed by atoms with Crippen LogP contribution in [0.2, 0.25) is 0 Å². The van der Waals surface area contributed by atoms with Crippen molar-refractivity contribution in [3.05, 3.63) is 47.9 Å². The smallest absolute Gasteiger partial charge is 0.216 e. The first-order valence-corrected chi connectivity index (χ1v) is 6.79. The Morgan fingerprint density at radius 1 is 1.10 bits per heavy atom. The molecule has 4 nitrogen and oxygen atoms in total. The molecular formula is C13H9F3N4S. The Hall–Kier alpha value is -2.09. The number of hydrogen-bond acceptors (Lipinski definition) is 4. The molecule has 0 saturated heterocycles. The zero-order chi connectivity index (χ0) is 15.0. The minimum Gasteiger partial charge on any atom is -0.216 e. The maximum atomic E-state index is 12.7. The zero-order valence-electron chi connectivity index (χ0n) is 10.8. The Balaban J connectivity index is 2.11. The summed E-state index contributed by atoms with van der Waals surface area (Å²) in [5, 5.41) is 4.05. The number of hydrogen-bond donors (Lipinski definition) is 0. The van der Waals surface area contributed by atoms with Crippen LogP contribution in [0.4, 0.5) is 13.2 Å². The molecule has 2 heterocycles. The third-order valence-corrected chi connectivity index (χ3v) is 3.63. The van der Waals surface area contributed by atoms with Crippen molar-refractivity contribution >= 4 is 17.5 Å². The second-order valence-corrected chi connectivity index (χ2v) is 5.39. The van der Waals surface area contributed by atoms with Crippen LogP contribution in [-0.4, -0.2) is 19.6 Å². The van der Waals surface area contributed by atoms with Crippen molar-refractivity contribution in [3.8, 4) is 0 Å². The minimum absolute atomic E-state index is 0.0549. The molecule has 3 rings (SSSR count). The van der Waals surface area contributed by atoms with Gasteiger partial charge in [0.25, 0.3) is 11.6 Å². The first-order chi connectivity index (χ1) is 9.93. The summed E-state index contributed by atoms with van der Waals surface area (Å²) in [7, 11) is 0. The fraction of sp³-hybridized carbons (Fsp3) is 0.154. The highest BCUT2D eigenvalue weighted by Crippen LogP contribution is 2.30. The van der Waals surface area contributed by atoms with E-state index in [9.17, 15) is 13.2 Å². The molecule has 3 aromatic rings. The van der Waals surface area contributed by atoms with Crippen LogP contribution in [0, 0.1) is 6.92 Å². The van der Waals surface area contributed by atoms with Crippen molar-refractivity contribution in [2.75, 3.05) is 0 Å². The van der Waals surface area contributed by atoms with Gasteiger partial charge in [-0.2, -0.15) is 22.7 Å². The van der Waals surface area contributed by atoms with E-state index in [0.717, 1.165) is 9.41 Å². The van der Waals surface area contributed by atoms with Gasteiger partial charge in [0.1, 0.15) is 5.03 Å². The molecule has 21 heavy (non-hydrogen) atoms. The topological polar surface area (TPSA) is 43.1 Å². The molecule has 0 aliphatic rings. The van der Waals surface area contributed by atoms with Gasteiger partial charge in [0, 0.05) is 10.6 Å². The average molecular weight is 310 g/mol. The summed E-state index contributed by atoms with van der Waals surface area (Å²) in [5.74, 6) is -1.24. The summed E-state index contributed by atoms with van der Waals surface area (Å²) in [6.07, 6.45) is -4.59. The molecule has 0 aliphatic heterocycles. The van der Waals surface area contributed by atoms with Gasteiger partial charge in [-0.1, -0.05) is 30.0 Å². The number of rotatable bonds is 2. The van der Waals surface area contributed by atoms with Gasteiger partial charge in [0.15, 0.2) is 0 Å². The molecule has 0 N–H and O–H groups in total.